The van der Waals surface area contributed by atoms with Gasteiger partial charge in [0.25, 0.3) is 0 Å². The second-order valence-electron chi connectivity index (χ2n) is 10.2. The Balaban J connectivity index is 0.00000160. The molecule has 0 amide bonds. The van der Waals surface area contributed by atoms with Crippen LogP contribution < -0.4 is 0 Å². The van der Waals surface area contributed by atoms with Gasteiger partial charge < -0.3 is 30.3 Å². The maximum atomic E-state index is 13.6. The number of ether oxygens (including phenoxy) is 1. The first-order chi connectivity index (χ1) is 12.7. The average Bonchev–Trinajstić information content (AvgIpc) is 2.60. The minimum absolute atomic E-state index is 0. The molecule has 4 aliphatic rings. The molecule has 2 bridgehead atoms. The topological polar surface area (TPSA) is 127 Å². The summed E-state index contributed by atoms with van der Waals surface area (Å²) in [5.74, 6) is -2.05. The van der Waals surface area contributed by atoms with Crippen LogP contribution in [0.15, 0.2) is 11.1 Å². The molecule has 0 spiro atoms. The van der Waals surface area contributed by atoms with E-state index in [1.54, 1.807) is 34.6 Å². The standard InChI is InChI=1S/C21H32O7.2Ac/c1-9-11(22)7-21(27)10(2)16-19(5,12(23)6-13-20(16,26)8-28-13)17(25)15(24)14(9)18(21,3)4;;/h10-13,15-16,22-24,26-27H,6-8H2,1-5H3;;/t10-,11?,12?,13?,15?,16?,19+,20-,21?;;/m0../s1. The number of carbonyl (C=O) groups is 1. The van der Waals surface area contributed by atoms with E-state index in [1.807, 2.05) is 0 Å². The van der Waals surface area contributed by atoms with Crippen molar-refractivity contribution in [1.29, 1.82) is 0 Å². The van der Waals surface area contributed by atoms with Gasteiger partial charge in [-0.1, -0.05) is 20.8 Å². The average molecular weight is 850 g/mol. The normalized spacial score (nSPS) is 51.9. The van der Waals surface area contributed by atoms with E-state index in [1.165, 1.54) is 0 Å². The second kappa shape index (κ2) is 8.62. The van der Waals surface area contributed by atoms with Gasteiger partial charge in [-0.25, -0.2) is 0 Å². The number of Topliss-reactive ketones (excluding diaryl/α,β-unsaturated/α-hetero) is 1. The van der Waals surface area contributed by atoms with Gasteiger partial charge in [-0.2, -0.15) is 0 Å². The molecule has 5 N–H and O–H groups in total. The van der Waals surface area contributed by atoms with E-state index in [4.69, 9.17) is 4.74 Å². The van der Waals surface area contributed by atoms with Gasteiger partial charge in [0.2, 0.25) is 0 Å². The molecular formula is C21H32Ac2O7. The molecule has 0 aromatic heterocycles. The number of fused-ring (bicyclic) bond motifs is 5. The minimum atomic E-state index is -1.58. The predicted octanol–water partition coefficient (Wildman–Crippen LogP) is -0.0785. The molecule has 9 atom stereocenters. The maximum Gasteiger partial charge on any atom is 0.174 e. The Bertz CT molecular complexity index is 770. The first-order valence-electron chi connectivity index (χ1n) is 10.1. The molecule has 9 heteroatoms. The van der Waals surface area contributed by atoms with Crippen molar-refractivity contribution >= 4 is 5.78 Å². The zero-order valence-corrected chi connectivity index (χ0v) is 27.8. The van der Waals surface area contributed by atoms with Crippen molar-refractivity contribution in [1.82, 2.24) is 0 Å². The second-order valence-corrected chi connectivity index (χ2v) is 10.2. The number of hydrogen-bond donors (Lipinski definition) is 5. The Morgan fingerprint density at radius 2 is 1.63 bits per heavy atom. The summed E-state index contributed by atoms with van der Waals surface area (Å²) in [5, 5.41) is 56.1. The van der Waals surface area contributed by atoms with E-state index >= 15 is 0 Å². The summed E-state index contributed by atoms with van der Waals surface area (Å²) in [5.41, 5.74) is -4.54. The zero-order valence-electron chi connectivity index (χ0n) is 18.3. The molecule has 3 fully saturated rings. The molecule has 1 aliphatic heterocycles. The van der Waals surface area contributed by atoms with Crippen LogP contribution in [0, 0.1) is 111 Å². The summed E-state index contributed by atoms with van der Waals surface area (Å²) in [4.78, 5) is 13.6. The summed E-state index contributed by atoms with van der Waals surface area (Å²) in [6.45, 7) is 8.58. The zero-order chi connectivity index (χ0) is 21.0. The van der Waals surface area contributed by atoms with Gasteiger partial charge in [-0.05, 0) is 30.9 Å². The first kappa shape index (κ1) is 28.3. The van der Waals surface area contributed by atoms with Crippen LogP contribution in [-0.2, 0) is 9.53 Å². The summed E-state index contributed by atoms with van der Waals surface area (Å²) < 4.78 is 5.49. The van der Waals surface area contributed by atoms with E-state index in [2.05, 4.69) is 0 Å². The van der Waals surface area contributed by atoms with Gasteiger partial charge in [0.1, 0.15) is 11.7 Å². The van der Waals surface area contributed by atoms with Crippen molar-refractivity contribution in [3.05, 3.63) is 11.1 Å². The molecule has 7 nitrogen and oxygen atoms in total. The molecule has 3 aliphatic carbocycles. The van der Waals surface area contributed by atoms with E-state index in [-0.39, 0.29) is 108 Å². The fraction of sp³-hybridized carbons (Fsp3) is 0.857. The van der Waals surface area contributed by atoms with Crippen LogP contribution in [0.1, 0.15) is 47.5 Å². The predicted molar refractivity (Wildman–Crippen MR) is 99.1 cm³/mol. The van der Waals surface area contributed by atoms with Crippen molar-refractivity contribution in [2.24, 2.45) is 22.7 Å². The molecule has 30 heavy (non-hydrogen) atoms. The molecular weight excluding hydrogens is 818 g/mol. The van der Waals surface area contributed by atoms with Crippen molar-refractivity contribution in [2.75, 3.05) is 6.61 Å². The maximum absolute atomic E-state index is 13.6. The number of hydrogen-bond acceptors (Lipinski definition) is 7. The molecule has 0 aromatic carbocycles. The Morgan fingerprint density at radius 1 is 1.07 bits per heavy atom. The summed E-state index contributed by atoms with van der Waals surface area (Å²) in [6, 6.07) is 0. The third kappa shape index (κ3) is 3.27. The van der Waals surface area contributed by atoms with Crippen LogP contribution in [0.3, 0.4) is 0 Å². The van der Waals surface area contributed by atoms with Gasteiger partial charge in [-0.15, -0.1) is 0 Å². The first-order valence-corrected chi connectivity index (χ1v) is 10.1. The Morgan fingerprint density at radius 3 is 2.13 bits per heavy atom. The van der Waals surface area contributed by atoms with Gasteiger partial charge in [0.15, 0.2) is 5.78 Å². The largest absolute Gasteiger partial charge is 0.392 e. The Hall–Kier alpha value is 2.05. The quantitative estimate of drug-likeness (QED) is 0.216. The summed E-state index contributed by atoms with van der Waals surface area (Å²) >= 11 is 0. The van der Waals surface area contributed by atoms with Crippen LogP contribution in [0.4, 0.5) is 0 Å². The van der Waals surface area contributed by atoms with Gasteiger partial charge in [0.05, 0.1) is 35.9 Å². The van der Waals surface area contributed by atoms with Crippen molar-refractivity contribution in [2.45, 2.75) is 83.1 Å². The molecule has 1 heterocycles. The summed E-state index contributed by atoms with van der Waals surface area (Å²) in [7, 11) is 0. The van der Waals surface area contributed by atoms with Crippen molar-refractivity contribution in [3.63, 3.8) is 0 Å². The molecule has 164 valence electrons. The molecule has 2 saturated carbocycles. The van der Waals surface area contributed by atoms with Crippen LogP contribution in [0.5, 0.6) is 0 Å². The van der Waals surface area contributed by atoms with Gasteiger partial charge in [0, 0.05) is 112 Å². The number of aliphatic hydroxyl groups is 5. The van der Waals surface area contributed by atoms with Crippen LogP contribution in [-0.4, -0.2) is 73.5 Å². The Labute approximate surface area is 249 Å². The third-order valence-electron chi connectivity index (χ3n) is 8.88. The molecule has 6 unspecified atom stereocenters. The SMILES string of the molecule is CC1=C2C(O)C(=O)[C@]3(C)C(O)CC4OC[C@@]4(O)C3[C@H](C)C(O)(CC1O)C2(C)C.[Ac].[Ac]. The molecule has 1 saturated heterocycles. The van der Waals surface area contributed by atoms with Crippen molar-refractivity contribution < 1.29 is 123 Å². The Kier molecular flexibility index (Phi) is 8.13. The number of carbonyl (C=O) groups excluding carboxylic acids is 1. The number of aliphatic hydroxyl groups excluding tert-OH is 3. The van der Waals surface area contributed by atoms with Crippen LogP contribution in [0.2, 0.25) is 0 Å². The summed E-state index contributed by atoms with van der Waals surface area (Å²) in [6.07, 6.45) is -4.20. The fourth-order valence-corrected chi connectivity index (χ4v) is 7.00. The monoisotopic (exact) mass is 850 g/mol. The number of ketones is 1. The number of rotatable bonds is 0. The smallest absolute Gasteiger partial charge is 0.174 e. The van der Waals surface area contributed by atoms with Gasteiger partial charge >= 0.3 is 0 Å². The van der Waals surface area contributed by atoms with E-state index < -0.39 is 64.1 Å². The molecule has 2 radical (unpaired) electrons. The fourth-order valence-electron chi connectivity index (χ4n) is 7.00. The molecule has 0 aromatic rings. The van der Waals surface area contributed by atoms with Crippen molar-refractivity contribution in [3.8, 4) is 0 Å². The van der Waals surface area contributed by atoms with Crippen LogP contribution >= 0.6 is 0 Å². The minimum Gasteiger partial charge on any atom is -0.392 e. The van der Waals surface area contributed by atoms with E-state index in [0.717, 1.165) is 0 Å². The van der Waals surface area contributed by atoms with E-state index in [0.29, 0.717) is 11.1 Å². The van der Waals surface area contributed by atoms with Crippen LogP contribution in [0.25, 0.3) is 0 Å². The third-order valence-corrected chi connectivity index (χ3v) is 8.88. The molecule has 4 rings (SSSR count). The van der Waals surface area contributed by atoms with Gasteiger partial charge in [-0.3, -0.25) is 4.79 Å². The van der Waals surface area contributed by atoms with E-state index in [9.17, 15) is 30.3 Å².